The van der Waals surface area contributed by atoms with Crippen LogP contribution in [-0.2, 0) is 0 Å². The number of fused-ring (bicyclic) bond motifs is 6. The Kier molecular flexibility index (Phi) is 6.53. The fourth-order valence-electron chi connectivity index (χ4n) is 5.63. The summed E-state index contributed by atoms with van der Waals surface area (Å²) in [6, 6.07) is 33.4. The van der Waals surface area contributed by atoms with Crippen LogP contribution in [0.5, 0.6) is 0 Å². The van der Waals surface area contributed by atoms with Gasteiger partial charge in [0.05, 0.1) is 23.8 Å². The van der Waals surface area contributed by atoms with Crippen molar-refractivity contribution in [3.63, 3.8) is 0 Å². The van der Waals surface area contributed by atoms with Crippen molar-refractivity contribution in [3.8, 4) is 56.8 Å². The van der Waals surface area contributed by atoms with Gasteiger partial charge in [-0.1, -0.05) is 91.0 Å². The van der Waals surface area contributed by atoms with E-state index in [1.807, 2.05) is 103 Å². The Morgan fingerprint density at radius 1 is 0.271 bits per heavy atom. The maximum Gasteiger partial charge on any atom is 0.182 e. The summed E-state index contributed by atoms with van der Waals surface area (Å²) < 4.78 is 0. The van der Waals surface area contributed by atoms with E-state index in [-0.39, 0.29) is 0 Å². The van der Waals surface area contributed by atoms with Crippen molar-refractivity contribution in [2.24, 2.45) is 0 Å². The van der Waals surface area contributed by atoms with E-state index < -0.39 is 0 Å². The van der Waals surface area contributed by atoms with Crippen molar-refractivity contribution in [1.29, 1.82) is 0 Å². The molecule has 0 spiro atoms. The van der Waals surface area contributed by atoms with Gasteiger partial charge in [-0.25, -0.2) is 34.9 Å². The first-order chi connectivity index (χ1) is 23.8. The van der Waals surface area contributed by atoms with Crippen LogP contribution in [0, 0.1) is 0 Å². The number of hydrogen-bond donors (Lipinski definition) is 0. The third kappa shape index (κ3) is 4.85. The van der Waals surface area contributed by atoms with Crippen LogP contribution in [0.2, 0.25) is 0 Å². The van der Waals surface area contributed by atoms with Gasteiger partial charge in [0, 0.05) is 40.8 Å². The minimum atomic E-state index is 0.472. The van der Waals surface area contributed by atoms with E-state index in [1.165, 1.54) is 0 Å². The first kappa shape index (κ1) is 27.4. The zero-order chi connectivity index (χ0) is 31.9. The Labute approximate surface area is 273 Å². The Hall–Kier alpha value is -6.94. The fourth-order valence-corrected chi connectivity index (χ4v) is 5.63. The third-order valence-electron chi connectivity index (χ3n) is 7.97. The molecule has 0 amide bonds. The molecule has 48 heavy (non-hydrogen) atoms. The van der Waals surface area contributed by atoms with Crippen LogP contribution >= 0.6 is 0 Å². The Bertz CT molecular complexity index is 2520. The van der Waals surface area contributed by atoms with Gasteiger partial charge in [-0.3, -0.25) is 15.0 Å². The maximum absolute atomic E-state index is 5.00. The second kappa shape index (κ2) is 11.5. The third-order valence-corrected chi connectivity index (χ3v) is 7.97. The summed E-state index contributed by atoms with van der Waals surface area (Å²) in [5, 5.41) is 0. The van der Waals surface area contributed by atoms with Gasteiger partial charge >= 0.3 is 0 Å². The Balaban J connectivity index is 1.13. The van der Waals surface area contributed by atoms with E-state index in [1.54, 1.807) is 31.0 Å². The predicted molar refractivity (Wildman–Crippen MR) is 184 cm³/mol. The molecular weight excluding hydrogens is 596 g/mol. The molecule has 0 fully saturated rings. The molecule has 224 valence electrons. The molecular formula is C38H22N10. The summed E-state index contributed by atoms with van der Waals surface area (Å²) in [7, 11) is 0. The standard InChI is InChI=1S/C38H22N10/c1-4-10-23(11-5-1)28-21-42-32-33-35(31-30(34(32)44-28)39-18-19-40-31)45-29(22-43-33)26-16-17-27(41-20-26)38-47-36(24-12-6-2-7-13-24)46-37(48-38)25-14-8-3-9-15-25/h1-22H. The number of nitrogens with zero attached hydrogens (tertiary/aromatic N) is 10. The van der Waals surface area contributed by atoms with Crippen LogP contribution in [-0.4, -0.2) is 49.8 Å². The first-order valence-corrected chi connectivity index (χ1v) is 15.2. The first-order valence-electron chi connectivity index (χ1n) is 15.2. The largest absolute Gasteiger partial charge is 0.252 e. The Morgan fingerprint density at radius 3 is 1.23 bits per heavy atom. The van der Waals surface area contributed by atoms with Crippen molar-refractivity contribution in [2.45, 2.75) is 0 Å². The van der Waals surface area contributed by atoms with Gasteiger partial charge in [0.25, 0.3) is 0 Å². The second-order valence-electron chi connectivity index (χ2n) is 11.0. The summed E-state index contributed by atoms with van der Waals surface area (Å²) in [6.07, 6.45) is 8.52. The lowest BCUT2D eigenvalue weighted by Gasteiger charge is -2.10. The fraction of sp³-hybridized carbons (Fsp3) is 0. The molecule has 0 aliphatic carbocycles. The van der Waals surface area contributed by atoms with Crippen LogP contribution in [0.25, 0.3) is 89.9 Å². The smallest absolute Gasteiger partial charge is 0.182 e. The van der Waals surface area contributed by atoms with E-state index in [0.717, 1.165) is 27.9 Å². The SMILES string of the molecule is c1ccc(-c2cnc3c4ncc(-c5ccc(-c6nc(-c7ccccc7)nc(-c7ccccc7)n6)nc5)nc4c4nccnc4c3n2)cc1. The molecule has 5 heterocycles. The number of rotatable bonds is 5. The van der Waals surface area contributed by atoms with Gasteiger partial charge < -0.3 is 0 Å². The summed E-state index contributed by atoms with van der Waals surface area (Å²) in [5.74, 6) is 1.62. The highest BCUT2D eigenvalue weighted by Crippen LogP contribution is 2.32. The molecule has 9 aromatic rings. The van der Waals surface area contributed by atoms with Crippen molar-refractivity contribution in [3.05, 3.63) is 134 Å². The molecule has 5 aromatic heterocycles. The van der Waals surface area contributed by atoms with Crippen LogP contribution in [0.4, 0.5) is 0 Å². The van der Waals surface area contributed by atoms with E-state index in [9.17, 15) is 0 Å². The monoisotopic (exact) mass is 618 g/mol. The molecule has 0 bridgehead atoms. The molecule has 0 saturated carbocycles. The normalized spacial score (nSPS) is 11.3. The second-order valence-corrected chi connectivity index (χ2v) is 11.0. The maximum atomic E-state index is 5.00. The molecule has 0 unspecified atom stereocenters. The minimum absolute atomic E-state index is 0.472. The average molecular weight is 619 g/mol. The van der Waals surface area contributed by atoms with Crippen molar-refractivity contribution in [1.82, 2.24) is 49.8 Å². The molecule has 4 aromatic carbocycles. The summed E-state index contributed by atoms with van der Waals surface area (Å²) in [4.78, 5) is 47.9. The average Bonchev–Trinajstić information content (AvgIpc) is 3.18. The zero-order valence-corrected chi connectivity index (χ0v) is 25.2. The van der Waals surface area contributed by atoms with Gasteiger partial charge in [0.2, 0.25) is 0 Å². The molecule has 0 radical (unpaired) electrons. The van der Waals surface area contributed by atoms with Crippen molar-refractivity contribution in [2.75, 3.05) is 0 Å². The minimum Gasteiger partial charge on any atom is -0.252 e. The molecule has 10 nitrogen and oxygen atoms in total. The molecule has 0 aliphatic rings. The zero-order valence-electron chi connectivity index (χ0n) is 25.2. The quantitative estimate of drug-likeness (QED) is 0.180. The van der Waals surface area contributed by atoms with Crippen LogP contribution < -0.4 is 0 Å². The van der Waals surface area contributed by atoms with Gasteiger partial charge in [-0.2, -0.15) is 0 Å². The predicted octanol–water partition coefficient (Wildman–Crippen LogP) is 7.43. The summed E-state index contributed by atoms with van der Waals surface area (Å²) >= 11 is 0. The van der Waals surface area contributed by atoms with Gasteiger partial charge in [-0.05, 0) is 12.1 Å². The van der Waals surface area contributed by atoms with Crippen molar-refractivity contribution >= 4 is 33.1 Å². The van der Waals surface area contributed by atoms with E-state index in [2.05, 4.69) is 9.97 Å². The number of pyridine rings is 1. The van der Waals surface area contributed by atoms with E-state index >= 15 is 0 Å². The van der Waals surface area contributed by atoms with E-state index in [0.29, 0.717) is 62.0 Å². The molecule has 10 heteroatoms. The van der Waals surface area contributed by atoms with Crippen LogP contribution in [0.1, 0.15) is 0 Å². The van der Waals surface area contributed by atoms with E-state index in [4.69, 9.17) is 39.9 Å². The lowest BCUT2D eigenvalue weighted by molar-refractivity contribution is 1.06. The lowest BCUT2D eigenvalue weighted by Crippen LogP contribution is -2.01. The number of benzene rings is 4. The molecule has 0 saturated heterocycles. The molecule has 0 aliphatic heterocycles. The topological polar surface area (TPSA) is 129 Å². The summed E-state index contributed by atoms with van der Waals surface area (Å²) in [5.41, 5.74) is 9.16. The highest BCUT2D eigenvalue weighted by Gasteiger charge is 2.18. The number of hydrogen-bond acceptors (Lipinski definition) is 10. The molecule has 9 rings (SSSR count). The number of aromatic nitrogens is 10. The molecule has 0 N–H and O–H groups in total. The highest BCUT2D eigenvalue weighted by atomic mass is 15.0. The molecule has 0 atom stereocenters. The summed E-state index contributed by atoms with van der Waals surface area (Å²) in [6.45, 7) is 0. The lowest BCUT2D eigenvalue weighted by atomic mass is 10.1. The van der Waals surface area contributed by atoms with Crippen LogP contribution in [0.15, 0.2) is 134 Å². The highest BCUT2D eigenvalue weighted by molar-refractivity contribution is 6.18. The van der Waals surface area contributed by atoms with Gasteiger partial charge in [0.15, 0.2) is 17.5 Å². The van der Waals surface area contributed by atoms with Crippen molar-refractivity contribution < 1.29 is 0 Å². The van der Waals surface area contributed by atoms with Crippen LogP contribution in [0.3, 0.4) is 0 Å². The van der Waals surface area contributed by atoms with Gasteiger partial charge in [0.1, 0.15) is 38.8 Å². The van der Waals surface area contributed by atoms with Gasteiger partial charge in [-0.15, -0.1) is 0 Å². The Morgan fingerprint density at radius 2 is 0.729 bits per heavy atom.